The lowest BCUT2D eigenvalue weighted by Crippen LogP contribution is -2.15. The number of rotatable bonds is 10. The summed E-state index contributed by atoms with van der Waals surface area (Å²) in [5.74, 6) is 2.65. The Balaban J connectivity index is 1.44. The van der Waals surface area contributed by atoms with Crippen LogP contribution in [0, 0.1) is 0 Å². The summed E-state index contributed by atoms with van der Waals surface area (Å²) in [5, 5.41) is 3.48. The molecular weight excluding hydrogens is 326 g/mol. The number of aromatic nitrogens is 2. The second-order valence-electron chi connectivity index (χ2n) is 6.31. The summed E-state index contributed by atoms with van der Waals surface area (Å²) in [6.07, 6.45) is 2.96. The van der Waals surface area contributed by atoms with Gasteiger partial charge >= 0.3 is 0 Å². The number of nitrogens with zero attached hydrogens (tertiary/aromatic N) is 1. The Kier molecular flexibility index (Phi) is 6.50. The zero-order valence-corrected chi connectivity index (χ0v) is 15.5. The molecule has 1 aromatic heterocycles. The molecule has 0 atom stereocenters. The number of H-pyrrole nitrogens is 1. The molecule has 0 saturated carbocycles. The lowest BCUT2D eigenvalue weighted by Gasteiger charge is -2.12. The molecule has 0 amide bonds. The zero-order valence-electron chi connectivity index (χ0n) is 15.5. The molecule has 0 spiro atoms. The number of benzene rings is 2. The maximum Gasteiger partial charge on any atom is 0.161 e. The van der Waals surface area contributed by atoms with Crippen LogP contribution in [0.15, 0.2) is 42.5 Å². The molecule has 26 heavy (non-hydrogen) atoms. The molecule has 0 aliphatic rings. The Bertz CT molecular complexity index is 796. The van der Waals surface area contributed by atoms with E-state index >= 15 is 0 Å². The minimum absolute atomic E-state index is 0.704. The first kappa shape index (κ1) is 18.3. The number of aryl methyl sites for hydroxylation is 1. The van der Waals surface area contributed by atoms with E-state index in [9.17, 15) is 0 Å². The third-order valence-corrected chi connectivity index (χ3v) is 4.22. The van der Waals surface area contributed by atoms with E-state index in [0.29, 0.717) is 6.61 Å². The van der Waals surface area contributed by atoms with Crippen LogP contribution in [0.3, 0.4) is 0 Å². The van der Waals surface area contributed by atoms with Gasteiger partial charge in [-0.2, -0.15) is 0 Å². The minimum Gasteiger partial charge on any atom is -0.493 e. The molecule has 3 rings (SSSR count). The van der Waals surface area contributed by atoms with Crippen LogP contribution in [-0.4, -0.2) is 30.2 Å². The number of aromatic amines is 1. The average Bonchev–Trinajstić information content (AvgIpc) is 3.09. The van der Waals surface area contributed by atoms with E-state index in [4.69, 9.17) is 9.47 Å². The molecule has 5 heteroatoms. The Morgan fingerprint density at radius 3 is 2.81 bits per heavy atom. The first-order valence-corrected chi connectivity index (χ1v) is 9.24. The summed E-state index contributed by atoms with van der Waals surface area (Å²) in [6.45, 7) is 4.55. The first-order valence-electron chi connectivity index (χ1n) is 9.24. The van der Waals surface area contributed by atoms with Crippen molar-refractivity contribution in [1.29, 1.82) is 0 Å². The van der Waals surface area contributed by atoms with E-state index < -0.39 is 0 Å². The van der Waals surface area contributed by atoms with Crippen molar-refractivity contribution >= 4 is 11.0 Å². The molecule has 0 bridgehead atoms. The highest BCUT2D eigenvalue weighted by Gasteiger charge is 2.06. The fourth-order valence-electron chi connectivity index (χ4n) is 2.89. The van der Waals surface area contributed by atoms with Crippen LogP contribution in [0.5, 0.6) is 11.5 Å². The van der Waals surface area contributed by atoms with Crippen LogP contribution >= 0.6 is 0 Å². The summed E-state index contributed by atoms with van der Waals surface area (Å²) in [4.78, 5) is 7.98. The fourth-order valence-corrected chi connectivity index (χ4v) is 2.89. The summed E-state index contributed by atoms with van der Waals surface area (Å²) in [7, 11) is 1.68. The Hall–Kier alpha value is -2.53. The molecule has 5 nitrogen and oxygen atoms in total. The number of nitrogens with one attached hydrogen (secondary N) is 2. The highest BCUT2D eigenvalue weighted by Crippen LogP contribution is 2.28. The van der Waals surface area contributed by atoms with Crippen molar-refractivity contribution < 1.29 is 9.47 Å². The Labute approximate surface area is 154 Å². The number of hydrogen-bond acceptors (Lipinski definition) is 4. The topological polar surface area (TPSA) is 59.2 Å². The third-order valence-electron chi connectivity index (χ3n) is 4.22. The molecule has 0 unspecified atom stereocenters. The number of hydrogen-bond donors (Lipinski definition) is 2. The predicted molar refractivity (Wildman–Crippen MR) is 105 cm³/mol. The maximum atomic E-state index is 5.69. The highest BCUT2D eigenvalue weighted by molar-refractivity contribution is 5.74. The average molecular weight is 353 g/mol. The Morgan fingerprint density at radius 1 is 1.12 bits per heavy atom. The van der Waals surface area contributed by atoms with Crippen LogP contribution in [0.1, 0.15) is 31.2 Å². The summed E-state index contributed by atoms with van der Waals surface area (Å²) >= 11 is 0. The summed E-state index contributed by atoms with van der Waals surface area (Å²) in [5.41, 5.74) is 3.33. The van der Waals surface area contributed by atoms with Gasteiger partial charge in [-0.05, 0) is 49.2 Å². The molecule has 1 heterocycles. The van der Waals surface area contributed by atoms with E-state index in [-0.39, 0.29) is 0 Å². The number of methoxy groups -OCH3 is 1. The fraction of sp³-hybridized carbons (Fsp3) is 0.381. The second-order valence-corrected chi connectivity index (χ2v) is 6.31. The van der Waals surface area contributed by atoms with Gasteiger partial charge in [0.05, 0.1) is 24.8 Å². The van der Waals surface area contributed by atoms with Gasteiger partial charge < -0.3 is 19.8 Å². The van der Waals surface area contributed by atoms with Crippen molar-refractivity contribution in [2.75, 3.05) is 20.3 Å². The maximum absolute atomic E-state index is 5.69. The van der Waals surface area contributed by atoms with Gasteiger partial charge in [0.2, 0.25) is 0 Å². The smallest absolute Gasteiger partial charge is 0.161 e. The number of ether oxygens (including phenoxy) is 2. The van der Waals surface area contributed by atoms with Crippen molar-refractivity contribution in [3.63, 3.8) is 0 Å². The number of imidazole rings is 1. The van der Waals surface area contributed by atoms with Crippen LogP contribution in [0.4, 0.5) is 0 Å². The normalized spacial score (nSPS) is 11.0. The SMILES string of the molecule is CCCOc1ccc(CNCCCc2nc3ccccc3[nH]2)cc1OC. The van der Waals surface area contributed by atoms with Gasteiger partial charge in [-0.15, -0.1) is 0 Å². The molecule has 2 aromatic carbocycles. The third kappa shape index (κ3) is 4.76. The summed E-state index contributed by atoms with van der Waals surface area (Å²) < 4.78 is 11.1. The second kappa shape index (κ2) is 9.25. The standard InChI is InChI=1S/C21H27N3O2/c1-3-13-26-19-11-10-16(14-20(19)25-2)15-22-12-6-9-21-23-17-7-4-5-8-18(17)24-21/h4-5,7-8,10-11,14,22H,3,6,9,12-13,15H2,1-2H3,(H,23,24). The van der Waals surface area contributed by atoms with E-state index in [1.54, 1.807) is 7.11 Å². The lowest BCUT2D eigenvalue weighted by molar-refractivity contribution is 0.294. The van der Waals surface area contributed by atoms with Gasteiger partial charge in [-0.25, -0.2) is 4.98 Å². The first-order chi connectivity index (χ1) is 12.8. The molecule has 0 aliphatic heterocycles. The predicted octanol–water partition coefficient (Wildman–Crippen LogP) is 4.08. The molecule has 0 aliphatic carbocycles. The van der Waals surface area contributed by atoms with Crippen LogP contribution in [-0.2, 0) is 13.0 Å². The molecule has 0 radical (unpaired) electrons. The molecule has 3 aromatic rings. The summed E-state index contributed by atoms with van der Waals surface area (Å²) in [6, 6.07) is 14.2. The van der Waals surface area contributed by atoms with E-state index in [1.165, 1.54) is 5.56 Å². The molecular formula is C21H27N3O2. The van der Waals surface area contributed by atoms with Crippen LogP contribution in [0.2, 0.25) is 0 Å². The lowest BCUT2D eigenvalue weighted by atomic mass is 10.2. The zero-order chi connectivity index (χ0) is 18.2. The van der Waals surface area contributed by atoms with Crippen LogP contribution in [0.25, 0.3) is 11.0 Å². The molecule has 2 N–H and O–H groups in total. The Morgan fingerprint density at radius 2 is 2.00 bits per heavy atom. The van der Waals surface area contributed by atoms with Gasteiger partial charge in [0.15, 0.2) is 11.5 Å². The number of fused-ring (bicyclic) bond motifs is 1. The molecule has 138 valence electrons. The van der Waals surface area contributed by atoms with Crippen molar-refractivity contribution in [3.8, 4) is 11.5 Å². The number of para-hydroxylation sites is 2. The molecule has 0 saturated heterocycles. The van der Waals surface area contributed by atoms with E-state index in [2.05, 4.69) is 34.3 Å². The van der Waals surface area contributed by atoms with Crippen molar-refractivity contribution in [2.45, 2.75) is 32.7 Å². The van der Waals surface area contributed by atoms with E-state index in [1.807, 2.05) is 30.3 Å². The van der Waals surface area contributed by atoms with Gasteiger partial charge in [-0.3, -0.25) is 0 Å². The van der Waals surface area contributed by atoms with Crippen molar-refractivity contribution in [2.24, 2.45) is 0 Å². The van der Waals surface area contributed by atoms with Gasteiger partial charge in [0.25, 0.3) is 0 Å². The van der Waals surface area contributed by atoms with Gasteiger partial charge in [0.1, 0.15) is 5.82 Å². The largest absolute Gasteiger partial charge is 0.493 e. The monoisotopic (exact) mass is 353 g/mol. The van der Waals surface area contributed by atoms with E-state index in [0.717, 1.165) is 60.7 Å². The van der Waals surface area contributed by atoms with Gasteiger partial charge in [0, 0.05) is 13.0 Å². The van der Waals surface area contributed by atoms with Crippen molar-refractivity contribution in [3.05, 3.63) is 53.9 Å². The quantitative estimate of drug-likeness (QED) is 0.539. The highest BCUT2D eigenvalue weighted by atomic mass is 16.5. The molecule has 0 fully saturated rings. The van der Waals surface area contributed by atoms with Crippen molar-refractivity contribution in [1.82, 2.24) is 15.3 Å². The minimum atomic E-state index is 0.704. The van der Waals surface area contributed by atoms with Crippen LogP contribution < -0.4 is 14.8 Å². The van der Waals surface area contributed by atoms with Gasteiger partial charge in [-0.1, -0.05) is 25.1 Å².